The second kappa shape index (κ2) is 12.2. The Hall–Kier alpha value is -1.26. The molecule has 1 saturated heterocycles. The highest BCUT2D eigenvalue weighted by Crippen LogP contribution is 2.19. The van der Waals surface area contributed by atoms with E-state index in [9.17, 15) is 24.9 Å². The molecule has 1 amide bonds. The van der Waals surface area contributed by atoms with Crippen LogP contribution in [0.25, 0.3) is 0 Å². The number of carbonyl (C=O) groups is 2. The molecule has 10 N–H and O–H groups in total. The van der Waals surface area contributed by atoms with E-state index < -0.39 is 74.2 Å². The normalized spacial score (nSPS) is 32.3. The van der Waals surface area contributed by atoms with Gasteiger partial charge >= 0.3 is 0 Å². The summed E-state index contributed by atoms with van der Waals surface area (Å²) in [6.45, 7) is -0.0736. The molecule has 0 saturated carbocycles. The van der Waals surface area contributed by atoms with Gasteiger partial charge in [0.15, 0.2) is 12.6 Å². The predicted octanol–water partition coefficient (Wildman–Crippen LogP) is -6.46. The van der Waals surface area contributed by atoms with Crippen LogP contribution in [0.15, 0.2) is 0 Å². The largest absolute Gasteiger partial charge is 0.394 e. The molecule has 1 unspecified atom stereocenters. The maximum atomic E-state index is 10.7. The van der Waals surface area contributed by atoms with Crippen LogP contribution < -0.4 is 5.32 Å². The van der Waals surface area contributed by atoms with Gasteiger partial charge in [0, 0.05) is 6.92 Å². The average Bonchev–Trinajstić information content (AvgIpc) is 2.65. The van der Waals surface area contributed by atoms with Gasteiger partial charge in [0.1, 0.15) is 48.8 Å². The molecule has 0 aliphatic carbocycles. The van der Waals surface area contributed by atoms with E-state index in [1.54, 1.807) is 0 Å². The molecule has 13 heteroatoms. The highest BCUT2D eigenvalue weighted by atomic mass is 16.6. The summed E-state index contributed by atoms with van der Waals surface area (Å²) in [4.78, 5) is 20.6. The second-order valence-electron chi connectivity index (χ2n) is 5.81. The van der Waals surface area contributed by atoms with E-state index in [0.29, 0.717) is 0 Å². The number of nitrogens with one attached hydrogen (secondary N) is 1. The summed E-state index contributed by atoms with van der Waals surface area (Å²) in [6.07, 6.45) is -12.1. The molecule has 0 aromatic heterocycles. The summed E-state index contributed by atoms with van der Waals surface area (Å²) in [5, 5.41) is 82.9. The minimum atomic E-state index is -1.79. The van der Waals surface area contributed by atoms with Crippen molar-refractivity contribution in [1.29, 1.82) is 0 Å². The van der Waals surface area contributed by atoms with Gasteiger partial charge in [0.25, 0.3) is 0 Å². The maximum Gasteiger partial charge on any atom is 0.217 e. The molecule has 0 radical (unpaired) electrons. The average molecular weight is 401 g/mol. The molecule has 1 fully saturated rings. The van der Waals surface area contributed by atoms with Crippen molar-refractivity contribution < 1.29 is 60.3 Å². The molecule has 1 heterocycles. The fourth-order valence-electron chi connectivity index (χ4n) is 2.11. The number of aliphatic hydroxyl groups is 9. The molecule has 1 rings (SSSR count). The van der Waals surface area contributed by atoms with Crippen molar-refractivity contribution in [3.63, 3.8) is 0 Å². The van der Waals surface area contributed by atoms with E-state index in [-0.39, 0.29) is 6.29 Å². The first-order valence-electron chi connectivity index (χ1n) is 7.87. The molecule has 0 bridgehead atoms. The molecular formula is C14H27NO12. The van der Waals surface area contributed by atoms with Gasteiger partial charge in [-0.2, -0.15) is 0 Å². The number of carbonyl (C=O) groups excluding carboxylic acids is 2. The standard InChI is InChI=1S/C8H15NO6.C6H12O6/c1-3(11)9-5-7(13)6(12)4(2-10)15-8(5)14;7-1-3(9)5(11)6(12)4(10)2-8/h4-8,10,12-14H,2H2,1H3,(H,9,11);1,3-6,8-12H,2H2/t4-,5-,6-,7-,8?;3-,4+,5+,6+/m10/s1. The van der Waals surface area contributed by atoms with E-state index in [4.69, 9.17) is 35.4 Å². The van der Waals surface area contributed by atoms with E-state index in [1.165, 1.54) is 6.92 Å². The SMILES string of the molecule is CC(=O)N[C@H]1C(O)O[C@H](CO)[C@@H](O)[C@@H]1O.O=C[C@H](O)[C@@H](O)[C@H](O)[C@H](O)CO. The van der Waals surface area contributed by atoms with Gasteiger partial charge in [-0.3, -0.25) is 4.79 Å². The van der Waals surface area contributed by atoms with Gasteiger partial charge in [-0.15, -0.1) is 0 Å². The lowest BCUT2D eigenvalue weighted by atomic mass is 9.97. The fraction of sp³-hybridized carbons (Fsp3) is 0.857. The van der Waals surface area contributed by atoms with Crippen molar-refractivity contribution in [3.05, 3.63) is 0 Å². The highest BCUT2D eigenvalue weighted by Gasteiger charge is 2.43. The zero-order valence-corrected chi connectivity index (χ0v) is 14.4. The molecule has 160 valence electrons. The van der Waals surface area contributed by atoms with Crippen molar-refractivity contribution in [1.82, 2.24) is 5.32 Å². The molecule has 1 aliphatic rings. The van der Waals surface area contributed by atoms with E-state index in [2.05, 4.69) is 5.32 Å². The van der Waals surface area contributed by atoms with Gasteiger partial charge in [-0.1, -0.05) is 0 Å². The number of amides is 1. The van der Waals surface area contributed by atoms with Crippen LogP contribution in [0.2, 0.25) is 0 Å². The monoisotopic (exact) mass is 401 g/mol. The Bertz CT molecular complexity index is 452. The summed E-state index contributed by atoms with van der Waals surface area (Å²) in [5.74, 6) is -0.462. The summed E-state index contributed by atoms with van der Waals surface area (Å²) in [5.41, 5.74) is 0. The Balaban J connectivity index is 0.000000516. The van der Waals surface area contributed by atoms with Crippen LogP contribution in [-0.4, -0.2) is 126 Å². The van der Waals surface area contributed by atoms with Crippen LogP contribution in [0.4, 0.5) is 0 Å². The lowest BCUT2D eigenvalue weighted by Gasteiger charge is -2.40. The van der Waals surface area contributed by atoms with Crippen LogP contribution in [0.3, 0.4) is 0 Å². The Morgan fingerprint density at radius 2 is 1.63 bits per heavy atom. The minimum absolute atomic E-state index is 0.0258. The zero-order valence-electron chi connectivity index (χ0n) is 14.4. The van der Waals surface area contributed by atoms with Gasteiger partial charge in [0.05, 0.1) is 13.2 Å². The van der Waals surface area contributed by atoms with Crippen LogP contribution in [0.5, 0.6) is 0 Å². The molecule has 27 heavy (non-hydrogen) atoms. The first kappa shape index (κ1) is 25.7. The van der Waals surface area contributed by atoms with Gasteiger partial charge in [-0.05, 0) is 0 Å². The summed E-state index contributed by atoms with van der Waals surface area (Å²) in [7, 11) is 0. The molecule has 1 aliphatic heterocycles. The number of aldehydes is 1. The van der Waals surface area contributed by atoms with Crippen LogP contribution in [-0.2, 0) is 14.3 Å². The molecule has 0 spiro atoms. The summed E-state index contributed by atoms with van der Waals surface area (Å²) in [6, 6.07) is -1.10. The Kier molecular flexibility index (Phi) is 11.7. The Morgan fingerprint density at radius 3 is 2.04 bits per heavy atom. The highest BCUT2D eigenvalue weighted by molar-refractivity contribution is 5.73. The Morgan fingerprint density at radius 1 is 1.07 bits per heavy atom. The molecule has 13 nitrogen and oxygen atoms in total. The first-order valence-corrected chi connectivity index (χ1v) is 7.87. The van der Waals surface area contributed by atoms with Crippen LogP contribution in [0.1, 0.15) is 6.92 Å². The van der Waals surface area contributed by atoms with Gasteiger partial charge < -0.3 is 60.8 Å². The van der Waals surface area contributed by atoms with Gasteiger partial charge in [0.2, 0.25) is 5.91 Å². The lowest BCUT2D eigenvalue weighted by molar-refractivity contribution is -0.253. The minimum Gasteiger partial charge on any atom is -0.394 e. The molecule has 0 aromatic rings. The third kappa shape index (κ3) is 7.71. The number of hydrogen-bond acceptors (Lipinski definition) is 12. The maximum absolute atomic E-state index is 10.7. The van der Waals surface area contributed by atoms with Crippen LogP contribution in [0, 0.1) is 0 Å². The van der Waals surface area contributed by atoms with E-state index >= 15 is 0 Å². The third-order valence-electron chi connectivity index (χ3n) is 3.69. The van der Waals surface area contributed by atoms with Crippen molar-refractivity contribution in [2.45, 2.75) is 62.0 Å². The number of rotatable bonds is 7. The summed E-state index contributed by atoms with van der Waals surface area (Å²) >= 11 is 0. The smallest absolute Gasteiger partial charge is 0.217 e. The topological polar surface area (TPSA) is 237 Å². The predicted molar refractivity (Wildman–Crippen MR) is 84.8 cm³/mol. The first-order chi connectivity index (χ1) is 12.5. The number of aliphatic hydroxyl groups excluding tert-OH is 9. The lowest BCUT2D eigenvalue weighted by Crippen LogP contribution is -2.63. The number of hydrogen-bond donors (Lipinski definition) is 10. The molecule has 0 aromatic carbocycles. The van der Waals surface area contributed by atoms with Crippen molar-refractivity contribution in [2.24, 2.45) is 0 Å². The van der Waals surface area contributed by atoms with Gasteiger partial charge in [-0.25, -0.2) is 0 Å². The number of ether oxygens (including phenoxy) is 1. The van der Waals surface area contributed by atoms with Crippen molar-refractivity contribution >= 4 is 12.2 Å². The van der Waals surface area contributed by atoms with Crippen molar-refractivity contribution in [3.8, 4) is 0 Å². The van der Waals surface area contributed by atoms with E-state index in [1.807, 2.05) is 0 Å². The Labute approximate surface area is 154 Å². The van der Waals surface area contributed by atoms with Crippen molar-refractivity contribution in [2.75, 3.05) is 13.2 Å². The third-order valence-corrected chi connectivity index (χ3v) is 3.69. The molecule has 9 atom stereocenters. The van der Waals surface area contributed by atoms with E-state index in [0.717, 1.165) is 0 Å². The summed E-state index contributed by atoms with van der Waals surface area (Å²) < 4.78 is 4.81. The zero-order chi connectivity index (χ0) is 21.3. The fourth-order valence-corrected chi connectivity index (χ4v) is 2.11. The molecular weight excluding hydrogens is 374 g/mol. The quantitative estimate of drug-likeness (QED) is 0.179. The van der Waals surface area contributed by atoms with Crippen LogP contribution >= 0.6 is 0 Å². The second-order valence-corrected chi connectivity index (χ2v) is 5.81.